The molecular weight excluding hydrogens is 1930 g/mol. The topological polar surface area (TPSA) is 315 Å². The van der Waals surface area contributed by atoms with E-state index < -0.39 is 105 Å². The van der Waals surface area contributed by atoms with Gasteiger partial charge in [0.15, 0.2) is 39.3 Å². The van der Waals surface area contributed by atoms with E-state index in [0.717, 1.165) is 17.0 Å². The van der Waals surface area contributed by atoms with Crippen LogP contribution in [0, 0.1) is 22.2 Å². The van der Waals surface area contributed by atoms with Gasteiger partial charge in [-0.25, -0.2) is 65.4 Å². The summed E-state index contributed by atoms with van der Waals surface area (Å²) in [6.07, 6.45) is 0. The molecule has 1 aromatic heterocycles. The Balaban J connectivity index is 0.000000149. The minimum Gasteiger partial charge on any atom is -0.336 e. The molecule has 6 atom stereocenters. The van der Waals surface area contributed by atoms with Crippen molar-refractivity contribution in [1.29, 1.82) is 4.78 Å². The molecule has 644 valence electrons. The van der Waals surface area contributed by atoms with Crippen LogP contribution in [0.2, 0.25) is 25.1 Å². The zero-order valence-electron chi connectivity index (χ0n) is 64.1. The van der Waals surface area contributed by atoms with Gasteiger partial charge in [0.25, 0.3) is 11.8 Å². The number of halogens is 10. The summed E-state index contributed by atoms with van der Waals surface area (Å²) in [6.45, 7) is 1.47. The fourth-order valence-corrected chi connectivity index (χ4v) is 24.8. The molecule has 8 amide bonds. The molecule has 39 heteroatoms. The quantitative estimate of drug-likeness (QED) is 0.0989. The lowest BCUT2D eigenvalue weighted by atomic mass is 10.1. The second kappa shape index (κ2) is 41.5. The SMILES string of the molecule is N=S1(=O)CCN(C(=O)Nc2ccc(F)c(Cl)c2)C[C@H]1c1cccs1.O=C(Nc1ccc(F)c(Cl)c1)N1CCS(=O)(=O)[C@@H](c2ccccc2)C1.O=C(Nc1ccc(F)c(Cl)c1)N1CCS(=O)(=O)[C@H](c2ccccc2)C1.O=C(c1ccc(Br)c(Cl)c1)N1CCS(=O)(=O)[C@@H](c2ccccc2)C1.O=C(c1ccc(Br)c(Cl)c1)N1CCS(=O)(=O)[C@H](c2ccccc2)C1. The van der Waals surface area contributed by atoms with Crippen LogP contribution < -0.4 is 16.0 Å². The number of hydrogen-bond donors (Lipinski definition) is 4. The van der Waals surface area contributed by atoms with Crippen LogP contribution in [0.5, 0.6) is 0 Å². The van der Waals surface area contributed by atoms with Gasteiger partial charge >= 0.3 is 18.1 Å². The van der Waals surface area contributed by atoms with Gasteiger partial charge in [-0.3, -0.25) is 14.4 Å². The number of nitrogens with one attached hydrogen (secondary N) is 4. The summed E-state index contributed by atoms with van der Waals surface area (Å²) < 4.78 is 161. The molecule has 5 saturated heterocycles. The molecule has 15 rings (SSSR count). The lowest BCUT2D eigenvalue weighted by Crippen LogP contribution is -2.47. The standard InChI is InChI=1S/2C17H15BrClNO3S.2C17H16ClFN2O3S.C15H15ClFN3O2S2/c2*18-14-7-6-13(10-15(14)19)17(21)20-8-9-24(22,23)16(11-20)12-4-2-1-3-5-12;2*18-14-10-13(6-7-15(14)19)20-17(22)21-8-9-25(23,24)16(11-21)12-4-2-1-3-5-12;16-11-8-10(3-4-12(11)17)19-15(21)20-5-7-24(18,22)14(9-20)13-2-1-6-23-13/h2*1-7,10,16H,8-9,11H2;2*1-7,10,16H,8-9,11H2,(H,20,22);1-4,6,8,14,18H,5,7,9H2,(H,19,21)/t4*16-;14-,24?/m10100/s1. The molecular formula is C83H77Br2Cl5F3N9O14S6. The molecule has 5 fully saturated rings. The Morgan fingerprint density at radius 1 is 0.344 bits per heavy atom. The van der Waals surface area contributed by atoms with Crippen LogP contribution in [-0.4, -0.2) is 186 Å². The van der Waals surface area contributed by atoms with Gasteiger partial charge in [0, 0.05) is 113 Å². The summed E-state index contributed by atoms with van der Waals surface area (Å²) in [6, 6.07) is 59.7. The predicted molar refractivity (Wildman–Crippen MR) is 481 cm³/mol. The van der Waals surface area contributed by atoms with Gasteiger partial charge in [-0.15, -0.1) is 11.3 Å². The molecule has 10 aromatic rings. The third-order valence-corrected chi connectivity index (χ3v) is 34.9. The van der Waals surface area contributed by atoms with Crippen LogP contribution in [-0.2, 0) is 49.1 Å². The number of sulfone groups is 4. The molecule has 4 N–H and O–H groups in total. The Hall–Kier alpha value is -8.62. The second-order valence-corrected chi connectivity index (χ2v) is 44.6. The van der Waals surface area contributed by atoms with Crippen molar-refractivity contribution in [3.63, 3.8) is 0 Å². The molecule has 1 unspecified atom stereocenters. The fourth-order valence-electron chi connectivity index (χ4n) is 13.5. The largest absolute Gasteiger partial charge is 0.336 e. The molecule has 0 aliphatic carbocycles. The molecule has 5 aliphatic heterocycles. The Morgan fingerprint density at radius 3 is 0.902 bits per heavy atom. The highest BCUT2D eigenvalue weighted by atomic mass is 79.9. The van der Waals surface area contributed by atoms with Crippen LogP contribution in [0.25, 0.3) is 0 Å². The average molecular weight is 2010 g/mol. The summed E-state index contributed by atoms with van der Waals surface area (Å²) in [4.78, 5) is 71.1. The molecule has 9 aromatic carbocycles. The van der Waals surface area contributed by atoms with E-state index in [2.05, 4.69) is 47.8 Å². The highest BCUT2D eigenvalue weighted by Gasteiger charge is 2.41. The van der Waals surface area contributed by atoms with Gasteiger partial charge in [-0.05, 0) is 157 Å². The molecule has 23 nitrogen and oxygen atoms in total. The Morgan fingerprint density at radius 2 is 0.623 bits per heavy atom. The van der Waals surface area contributed by atoms with Crippen molar-refractivity contribution in [2.45, 2.75) is 26.2 Å². The maximum absolute atomic E-state index is 13.2. The van der Waals surface area contributed by atoms with E-state index in [4.69, 9.17) is 62.8 Å². The van der Waals surface area contributed by atoms with Crippen molar-refractivity contribution in [3.8, 4) is 0 Å². The number of anilines is 3. The molecule has 122 heavy (non-hydrogen) atoms. The highest BCUT2D eigenvalue weighted by molar-refractivity contribution is 9.11. The number of thiophene rings is 1. The van der Waals surface area contributed by atoms with Gasteiger partial charge in [0.05, 0.1) is 63.1 Å². The average Bonchev–Trinajstić information content (AvgIpc) is 0.910. The number of urea groups is 3. The second-order valence-electron chi connectivity index (χ2n) is 28.3. The van der Waals surface area contributed by atoms with Gasteiger partial charge in [0.1, 0.15) is 38.5 Å². The van der Waals surface area contributed by atoms with Crippen LogP contribution >= 0.6 is 101 Å². The number of amides is 8. The van der Waals surface area contributed by atoms with Gasteiger partial charge in [-0.1, -0.05) is 185 Å². The van der Waals surface area contributed by atoms with Gasteiger partial charge in [-0.2, -0.15) is 0 Å². The van der Waals surface area contributed by atoms with E-state index in [9.17, 15) is 75.0 Å². The van der Waals surface area contributed by atoms with E-state index in [1.807, 2.05) is 41.8 Å². The fraction of sp³-hybridized carbons (Fsp3) is 0.241. The van der Waals surface area contributed by atoms with Crippen molar-refractivity contribution in [3.05, 3.63) is 320 Å². The molecule has 6 heterocycles. The first-order valence-corrected chi connectivity index (χ1v) is 50.2. The zero-order valence-corrected chi connectivity index (χ0v) is 76.0. The first kappa shape index (κ1) is 94.1. The van der Waals surface area contributed by atoms with E-state index in [-0.39, 0.29) is 127 Å². The van der Waals surface area contributed by atoms with Crippen molar-refractivity contribution >= 4 is 197 Å². The van der Waals surface area contributed by atoms with Gasteiger partial charge in [0.2, 0.25) is 0 Å². The summed E-state index contributed by atoms with van der Waals surface area (Å²) in [7, 11) is -16.0. The Kier molecular flexibility index (Phi) is 32.0. The summed E-state index contributed by atoms with van der Waals surface area (Å²) >= 11 is 37.2. The van der Waals surface area contributed by atoms with Gasteiger partial charge < -0.3 is 40.4 Å². The van der Waals surface area contributed by atoms with E-state index >= 15 is 0 Å². The van der Waals surface area contributed by atoms with Crippen molar-refractivity contribution in [2.75, 3.05) is 110 Å². The molecule has 5 aliphatic rings. The Labute approximate surface area is 750 Å². The number of rotatable bonds is 10. The summed E-state index contributed by atoms with van der Waals surface area (Å²) in [5, 5.41) is 7.00. The molecule has 0 spiro atoms. The van der Waals surface area contributed by atoms with Crippen LogP contribution in [0.15, 0.2) is 239 Å². The predicted octanol–water partition coefficient (Wildman–Crippen LogP) is 18.6. The van der Waals surface area contributed by atoms with Crippen LogP contribution in [0.3, 0.4) is 0 Å². The van der Waals surface area contributed by atoms with E-state index in [0.29, 0.717) is 69.4 Å². The van der Waals surface area contributed by atoms with E-state index in [1.165, 1.54) is 68.5 Å². The molecule has 0 radical (unpaired) electrons. The van der Waals surface area contributed by atoms with Crippen molar-refractivity contribution < 1.29 is 75.0 Å². The maximum Gasteiger partial charge on any atom is 0.321 e. The minimum absolute atomic E-state index is 0.0391. The number of hydrogen-bond acceptors (Lipinski definition) is 16. The number of carbonyl (C=O) groups excluding carboxylic acids is 5. The highest BCUT2D eigenvalue weighted by Crippen LogP contribution is 2.37. The zero-order chi connectivity index (χ0) is 88.0. The maximum atomic E-state index is 13.2. The number of benzene rings is 9. The number of carbonyl (C=O) groups is 5. The van der Waals surface area contributed by atoms with Crippen LogP contribution in [0.1, 0.15) is 74.1 Å². The van der Waals surface area contributed by atoms with E-state index in [1.54, 1.807) is 143 Å². The molecule has 0 bridgehead atoms. The Bertz CT molecular complexity index is 5800. The normalized spacial score (nSPS) is 20.5. The number of nitrogens with zero attached hydrogens (tertiary/aromatic N) is 5. The summed E-state index contributed by atoms with van der Waals surface area (Å²) in [5.41, 5.74) is 4.73. The minimum atomic E-state index is -3.32. The van der Waals surface area contributed by atoms with Crippen molar-refractivity contribution in [1.82, 2.24) is 24.5 Å². The first-order valence-electron chi connectivity index (χ1n) is 37.2. The third-order valence-electron chi connectivity index (χ3n) is 20.2. The van der Waals surface area contributed by atoms with Crippen LogP contribution in [0.4, 0.5) is 44.6 Å². The lowest BCUT2D eigenvalue weighted by molar-refractivity contribution is 0.0750. The summed E-state index contributed by atoms with van der Waals surface area (Å²) in [5.74, 6) is -2.28. The van der Waals surface area contributed by atoms with Crippen molar-refractivity contribution in [2.24, 2.45) is 0 Å². The first-order chi connectivity index (χ1) is 57.9. The smallest absolute Gasteiger partial charge is 0.321 e. The monoisotopic (exact) mass is 2010 g/mol. The third kappa shape index (κ3) is 24.5. The lowest BCUT2D eigenvalue weighted by Gasteiger charge is -2.33. The molecule has 0 saturated carbocycles.